The topological polar surface area (TPSA) is 86.6 Å². The van der Waals surface area contributed by atoms with Crippen molar-refractivity contribution in [2.24, 2.45) is 0 Å². The van der Waals surface area contributed by atoms with Gasteiger partial charge in [0, 0.05) is 55.6 Å². The molecule has 0 bridgehead atoms. The molecular formula is C19H24N4O3S2. The molecular weight excluding hydrogens is 396 g/mol. The average molecular weight is 421 g/mol. The van der Waals surface area contributed by atoms with Crippen molar-refractivity contribution in [3.05, 3.63) is 41.2 Å². The van der Waals surface area contributed by atoms with Gasteiger partial charge in [-0.2, -0.15) is 0 Å². The number of carbonyl (C=O) groups excluding carboxylic acids is 1. The third kappa shape index (κ3) is 5.52. The second-order valence-electron chi connectivity index (χ2n) is 6.62. The maximum Gasteiger partial charge on any atom is 0.355 e. The maximum atomic E-state index is 12.3. The van der Waals surface area contributed by atoms with E-state index in [4.69, 9.17) is 5.11 Å². The van der Waals surface area contributed by atoms with Crippen molar-refractivity contribution in [1.29, 1.82) is 0 Å². The van der Waals surface area contributed by atoms with Crippen LogP contribution >= 0.6 is 23.1 Å². The van der Waals surface area contributed by atoms with Gasteiger partial charge in [0.2, 0.25) is 5.91 Å². The molecule has 3 heterocycles. The lowest BCUT2D eigenvalue weighted by Gasteiger charge is -2.30. The monoisotopic (exact) mass is 420 g/mol. The molecule has 1 amide bonds. The van der Waals surface area contributed by atoms with Crippen LogP contribution in [0.3, 0.4) is 0 Å². The summed E-state index contributed by atoms with van der Waals surface area (Å²) in [5, 5.41) is 10.5. The van der Waals surface area contributed by atoms with Gasteiger partial charge in [0.25, 0.3) is 0 Å². The van der Waals surface area contributed by atoms with Gasteiger partial charge in [0.05, 0.1) is 0 Å². The molecule has 0 aromatic carbocycles. The third-order valence-electron chi connectivity index (χ3n) is 4.78. The fraction of sp³-hybridized carbons (Fsp3) is 0.474. The van der Waals surface area contributed by atoms with E-state index in [1.54, 1.807) is 17.8 Å². The molecule has 1 saturated heterocycles. The summed E-state index contributed by atoms with van der Waals surface area (Å²) in [6, 6.07) is 4.27. The Hall–Kier alpha value is -1.97. The van der Waals surface area contributed by atoms with Crippen LogP contribution in [0.2, 0.25) is 0 Å². The Morgan fingerprint density at radius 2 is 2.21 bits per heavy atom. The lowest BCUT2D eigenvalue weighted by Crippen LogP contribution is -2.42. The van der Waals surface area contributed by atoms with Gasteiger partial charge in [-0.05, 0) is 30.7 Å². The zero-order valence-electron chi connectivity index (χ0n) is 15.8. The van der Waals surface area contributed by atoms with Crippen LogP contribution in [0, 0.1) is 0 Å². The first-order valence-electron chi connectivity index (χ1n) is 9.29. The van der Waals surface area contributed by atoms with Gasteiger partial charge >= 0.3 is 5.97 Å². The summed E-state index contributed by atoms with van der Waals surface area (Å²) < 4.78 is 0.730. The van der Waals surface area contributed by atoms with E-state index in [-0.39, 0.29) is 17.6 Å². The number of aromatic nitrogens is 2. The van der Waals surface area contributed by atoms with Crippen LogP contribution in [-0.4, -0.2) is 68.2 Å². The number of pyridine rings is 1. The number of hydrogen-bond donors (Lipinski definition) is 1. The summed E-state index contributed by atoms with van der Waals surface area (Å²) in [6.07, 6.45) is 5.10. The summed E-state index contributed by atoms with van der Waals surface area (Å²) >= 11 is 2.84. The molecule has 0 aliphatic carbocycles. The van der Waals surface area contributed by atoms with E-state index in [1.807, 2.05) is 17.0 Å². The first-order valence-corrected chi connectivity index (χ1v) is 11.2. The zero-order valence-corrected chi connectivity index (χ0v) is 17.4. The molecule has 9 heteroatoms. The molecule has 2 aromatic heterocycles. The molecule has 1 aliphatic heterocycles. The van der Waals surface area contributed by atoms with E-state index in [0.717, 1.165) is 30.4 Å². The number of hydrogen-bond acceptors (Lipinski definition) is 7. The molecule has 3 rings (SSSR count). The van der Waals surface area contributed by atoms with Gasteiger partial charge in [-0.1, -0.05) is 18.7 Å². The number of rotatable bonds is 10. The normalized spacial score (nSPS) is 16.9. The van der Waals surface area contributed by atoms with Crippen LogP contribution in [0.4, 0.5) is 0 Å². The quantitative estimate of drug-likeness (QED) is 0.592. The Morgan fingerprint density at radius 1 is 1.43 bits per heavy atom. The highest BCUT2D eigenvalue weighted by Gasteiger charge is 2.31. The zero-order chi connectivity index (χ0) is 19.9. The summed E-state index contributed by atoms with van der Waals surface area (Å²) in [4.78, 5) is 35.8. The lowest BCUT2D eigenvalue weighted by molar-refractivity contribution is -0.128. The van der Waals surface area contributed by atoms with Gasteiger partial charge in [0.1, 0.15) is 0 Å². The number of carboxylic acids is 1. The van der Waals surface area contributed by atoms with Crippen LogP contribution in [0.25, 0.3) is 0 Å². The van der Waals surface area contributed by atoms with E-state index in [0.29, 0.717) is 18.7 Å². The highest BCUT2D eigenvalue weighted by molar-refractivity contribution is 8.01. The molecule has 0 radical (unpaired) electrons. The van der Waals surface area contributed by atoms with Crippen molar-refractivity contribution in [2.75, 3.05) is 25.4 Å². The summed E-state index contributed by atoms with van der Waals surface area (Å²) in [7, 11) is 0. The predicted octanol–water partition coefficient (Wildman–Crippen LogP) is 2.84. The second kappa shape index (κ2) is 9.99. The maximum absolute atomic E-state index is 12.3. The Balaban J connectivity index is 1.52. The van der Waals surface area contributed by atoms with E-state index in [9.17, 15) is 9.59 Å². The first kappa shape index (κ1) is 20.8. The van der Waals surface area contributed by atoms with Gasteiger partial charge in [-0.3, -0.25) is 14.7 Å². The van der Waals surface area contributed by atoms with Crippen LogP contribution in [-0.2, 0) is 11.3 Å². The molecule has 0 spiro atoms. The summed E-state index contributed by atoms with van der Waals surface area (Å²) in [5.41, 5.74) is 1.30. The lowest BCUT2D eigenvalue weighted by atomic mass is 10.2. The van der Waals surface area contributed by atoms with Gasteiger partial charge < -0.3 is 10.0 Å². The van der Waals surface area contributed by atoms with Crippen molar-refractivity contribution < 1.29 is 14.7 Å². The number of likely N-dealkylation sites (N-methyl/N-ethyl adjacent to an activating group) is 1. The average Bonchev–Trinajstić information content (AvgIpc) is 3.30. The van der Waals surface area contributed by atoms with E-state index in [2.05, 4.69) is 21.8 Å². The SMILES string of the molecule is CCN(Cc1ccncc1)C[C@H]1CCC(=O)N1CCSc1nc(C(=O)O)cs1. The molecule has 150 valence electrons. The summed E-state index contributed by atoms with van der Waals surface area (Å²) in [6.45, 7) is 5.43. The fourth-order valence-corrected chi connectivity index (χ4v) is 5.10. The van der Waals surface area contributed by atoms with Crippen LogP contribution in [0.5, 0.6) is 0 Å². The minimum atomic E-state index is -1.01. The first-order chi connectivity index (χ1) is 13.6. The standard InChI is InChI=1S/C19H24N4O3S2/c1-2-22(11-14-5-7-20-8-6-14)12-15-3-4-17(24)23(15)9-10-27-19-21-16(13-28-19)18(25)26/h5-8,13,15H,2-4,9-12H2,1H3,(H,25,26)/t15-/m1/s1. The Morgan fingerprint density at radius 3 is 2.89 bits per heavy atom. The smallest absolute Gasteiger partial charge is 0.355 e. The van der Waals surface area contributed by atoms with Crippen molar-refractivity contribution in [2.45, 2.75) is 36.7 Å². The predicted molar refractivity (Wildman–Crippen MR) is 110 cm³/mol. The number of amides is 1. The number of aromatic carboxylic acids is 1. The third-order valence-corrected chi connectivity index (χ3v) is 6.79. The van der Waals surface area contributed by atoms with E-state index >= 15 is 0 Å². The molecule has 2 aromatic rings. The number of likely N-dealkylation sites (tertiary alicyclic amines) is 1. The number of nitrogens with zero attached hydrogens (tertiary/aromatic N) is 4. The molecule has 0 saturated carbocycles. The Bertz CT molecular complexity index is 799. The Kier molecular flexibility index (Phi) is 7.41. The molecule has 1 N–H and O–H groups in total. The van der Waals surface area contributed by atoms with E-state index in [1.165, 1.54) is 28.7 Å². The molecule has 1 aliphatic rings. The second-order valence-corrected chi connectivity index (χ2v) is 8.82. The number of carbonyl (C=O) groups is 2. The highest BCUT2D eigenvalue weighted by atomic mass is 32.2. The van der Waals surface area contributed by atoms with Crippen molar-refractivity contribution in [1.82, 2.24) is 19.8 Å². The molecule has 0 unspecified atom stereocenters. The van der Waals surface area contributed by atoms with E-state index < -0.39 is 5.97 Å². The van der Waals surface area contributed by atoms with Gasteiger partial charge in [-0.25, -0.2) is 9.78 Å². The van der Waals surface area contributed by atoms with Crippen LogP contribution in [0.15, 0.2) is 34.2 Å². The number of carboxylic acid groups (broad SMARTS) is 1. The van der Waals surface area contributed by atoms with Crippen molar-refractivity contribution in [3.63, 3.8) is 0 Å². The van der Waals surface area contributed by atoms with Gasteiger partial charge in [0.15, 0.2) is 10.0 Å². The molecule has 1 atom stereocenters. The molecule has 7 nitrogen and oxygen atoms in total. The molecule has 28 heavy (non-hydrogen) atoms. The summed E-state index contributed by atoms with van der Waals surface area (Å²) in [5.74, 6) is -0.0895. The Labute approximate surface area is 172 Å². The largest absolute Gasteiger partial charge is 0.476 e. The van der Waals surface area contributed by atoms with Gasteiger partial charge in [-0.15, -0.1) is 11.3 Å². The minimum absolute atomic E-state index is 0.0809. The number of thiazole rings is 1. The van der Waals surface area contributed by atoms with Crippen LogP contribution < -0.4 is 0 Å². The fourth-order valence-electron chi connectivity index (χ4n) is 3.29. The molecule has 1 fully saturated rings. The highest BCUT2D eigenvalue weighted by Crippen LogP contribution is 2.25. The minimum Gasteiger partial charge on any atom is -0.476 e. The van der Waals surface area contributed by atoms with Crippen LogP contribution in [0.1, 0.15) is 35.8 Å². The van der Waals surface area contributed by atoms with Crippen molar-refractivity contribution >= 4 is 35.0 Å². The van der Waals surface area contributed by atoms with Crippen molar-refractivity contribution in [3.8, 4) is 0 Å². The number of thioether (sulfide) groups is 1.